The van der Waals surface area contributed by atoms with Crippen molar-refractivity contribution in [1.29, 1.82) is 0 Å². The smallest absolute Gasteiger partial charge is 0.276 e. The van der Waals surface area contributed by atoms with Gasteiger partial charge in [0.25, 0.3) is 11.5 Å². The molecule has 0 aliphatic carbocycles. The zero-order valence-corrected chi connectivity index (χ0v) is 23.4. The number of thioether (sulfide) groups is 1. The monoisotopic (exact) mass is 591 g/mol. The third-order valence-electron chi connectivity index (χ3n) is 7.10. The van der Waals surface area contributed by atoms with Crippen molar-refractivity contribution in [2.24, 2.45) is 5.92 Å². The van der Waals surface area contributed by atoms with Gasteiger partial charge in [-0.05, 0) is 62.6 Å². The lowest BCUT2D eigenvalue weighted by Crippen LogP contribution is -2.49. The lowest BCUT2D eigenvalue weighted by Gasteiger charge is -2.42. The number of amides is 1. The summed E-state index contributed by atoms with van der Waals surface area (Å²) < 4.78 is 4.56. The largest absolute Gasteiger partial charge is 0.336 e. The normalized spacial score (nSPS) is 18.3. The third-order valence-corrected chi connectivity index (χ3v) is 8.49. The Kier molecular flexibility index (Phi) is 6.65. The number of rotatable bonds is 5. The van der Waals surface area contributed by atoms with E-state index in [0.29, 0.717) is 41.9 Å². The zero-order valence-electron chi connectivity index (χ0n) is 21.0. The van der Waals surface area contributed by atoms with Crippen LogP contribution in [-0.4, -0.2) is 53.4 Å². The predicted octanol–water partition coefficient (Wildman–Crippen LogP) is 4.15. The van der Waals surface area contributed by atoms with E-state index < -0.39 is 0 Å². The van der Waals surface area contributed by atoms with Crippen LogP contribution in [0.3, 0.4) is 0 Å². The number of hydrogen-bond donors (Lipinski definition) is 0. The SMILES string of the molecule is Cc1cc(C)nc(SCc2c(C(=O)N3CC4CC(C3)c3cccc(=O)n3C4)nnn2-c2ccc(Br)cc2)n1. The van der Waals surface area contributed by atoms with Crippen LogP contribution in [0, 0.1) is 19.8 Å². The third kappa shape index (κ3) is 4.80. The van der Waals surface area contributed by atoms with E-state index in [9.17, 15) is 9.59 Å². The van der Waals surface area contributed by atoms with Crippen molar-refractivity contribution in [2.75, 3.05) is 13.1 Å². The van der Waals surface area contributed by atoms with Gasteiger partial charge in [-0.1, -0.05) is 39.0 Å². The molecule has 2 unspecified atom stereocenters. The number of carbonyl (C=O) groups is 1. The molecule has 5 heterocycles. The van der Waals surface area contributed by atoms with Gasteiger partial charge in [0, 0.05) is 58.9 Å². The summed E-state index contributed by atoms with van der Waals surface area (Å²) in [6, 6.07) is 15.1. The number of pyridine rings is 1. The van der Waals surface area contributed by atoms with Gasteiger partial charge in [-0.3, -0.25) is 9.59 Å². The van der Waals surface area contributed by atoms with Crippen molar-refractivity contribution >= 4 is 33.6 Å². The van der Waals surface area contributed by atoms with Crippen LogP contribution < -0.4 is 5.56 Å². The second-order valence-corrected chi connectivity index (χ2v) is 11.8. The van der Waals surface area contributed by atoms with Crippen molar-refractivity contribution in [3.8, 4) is 5.69 Å². The average molecular weight is 593 g/mol. The highest BCUT2D eigenvalue weighted by Crippen LogP contribution is 2.36. The minimum absolute atomic E-state index is 0.0299. The van der Waals surface area contributed by atoms with Gasteiger partial charge in [-0.15, -0.1) is 5.10 Å². The van der Waals surface area contributed by atoms with Gasteiger partial charge in [0.05, 0.1) is 11.4 Å². The standard InChI is InChI=1S/C27H26BrN7O2S/c1-16-10-17(2)30-27(29-16)38-15-23-25(31-32-35(23)21-8-6-20(28)7-9-21)26(37)33-12-18-11-19(14-33)22-4-3-5-24(36)34(22)13-18/h3-10,18-19H,11-15H2,1-2H3. The van der Waals surface area contributed by atoms with Gasteiger partial charge in [-0.2, -0.15) is 0 Å². The van der Waals surface area contributed by atoms with Gasteiger partial charge < -0.3 is 9.47 Å². The molecule has 6 rings (SSSR count). The van der Waals surface area contributed by atoms with Crippen LogP contribution in [0.15, 0.2) is 63.0 Å². The molecule has 1 saturated heterocycles. The highest BCUT2D eigenvalue weighted by molar-refractivity contribution is 9.10. The van der Waals surface area contributed by atoms with E-state index in [4.69, 9.17) is 0 Å². The first-order valence-electron chi connectivity index (χ1n) is 12.5. The first-order chi connectivity index (χ1) is 18.4. The predicted molar refractivity (Wildman–Crippen MR) is 148 cm³/mol. The molecule has 4 aromatic rings. The number of likely N-dealkylation sites (tertiary alicyclic amines) is 1. The van der Waals surface area contributed by atoms with Crippen molar-refractivity contribution in [2.45, 2.75) is 43.6 Å². The molecule has 1 fully saturated rings. The summed E-state index contributed by atoms with van der Waals surface area (Å²) in [5, 5.41) is 9.45. The summed E-state index contributed by atoms with van der Waals surface area (Å²) in [6.07, 6.45) is 0.978. The fourth-order valence-corrected chi connectivity index (χ4v) is 6.70. The van der Waals surface area contributed by atoms with Crippen LogP contribution in [0.4, 0.5) is 0 Å². The fraction of sp³-hybridized carbons (Fsp3) is 0.333. The molecule has 1 aromatic carbocycles. The molecule has 2 bridgehead atoms. The van der Waals surface area contributed by atoms with E-state index >= 15 is 0 Å². The lowest BCUT2D eigenvalue weighted by atomic mass is 9.83. The lowest BCUT2D eigenvalue weighted by molar-refractivity contribution is 0.0588. The minimum atomic E-state index is -0.133. The Morgan fingerprint density at radius 3 is 2.58 bits per heavy atom. The molecule has 0 N–H and O–H groups in total. The zero-order chi connectivity index (χ0) is 26.4. The topological polar surface area (TPSA) is 98.8 Å². The van der Waals surface area contributed by atoms with Gasteiger partial charge in [0.1, 0.15) is 0 Å². The second-order valence-electron chi connectivity index (χ2n) is 9.90. The molecule has 0 saturated carbocycles. The molecular formula is C27H26BrN7O2S. The number of fused-ring (bicyclic) bond motifs is 4. The highest BCUT2D eigenvalue weighted by atomic mass is 79.9. The minimum Gasteiger partial charge on any atom is -0.336 e. The number of benzene rings is 1. The average Bonchev–Trinajstić information content (AvgIpc) is 3.31. The van der Waals surface area contributed by atoms with Crippen LogP contribution in [-0.2, 0) is 12.3 Å². The van der Waals surface area contributed by atoms with E-state index in [1.54, 1.807) is 10.7 Å². The molecule has 0 spiro atoms. The number of piperidine rings is 1. The summed E-state index contributed by atoms with van der Waals surface area (Å²) in [7, 11) is 0. The summed E-state index contributed by atoms with van der Waals surface area (Å²) in [5.74, 6) is 0.662. The number of hydrogen-bond acceptors (Lipinski definition) is 7. The van der Waals surface area contributed by atoms with Crippen molar-refractivity contribution in [3.05, 3.63) is 91.8 Å². The van der Waals surface area contributed by atoms with Crippen LogP contribution in [0.25, 0.3) is 5.69 Å². The molecule has 0 radical (unpaired) electrons. The number of halogens is 1. The molecule has 2 aliphatic heterocycles. The van der Waals surface area contributed by atoms with E-state index in [1.165, 1.54) is 11.8 Å². The molecule has 1 amide bonds. The van der Waals surface area contributed by atoms with Crippen LogP contribution in [0.1, 0.15) is 45.6 Å². The van der Waals surface area contributed by atoms with Gasteiger partial charge >= 0.3 is 0 Å². The molecule has 9 nitrogen and oxygen atoms in total. The quantitative estimate of drug-likeness (QED) is 0.254. The molecule has 2 aliphatic rings. The summed E-state index contributed by atoms with van der Waals surface area (Å²) in [5.41, 5.74) is 4.70. The fourth-order valence-electron chi connectivity index (χ4n) is 5.49. The van der Waals surface area contributed by atoms with Gasteiger partial charge in [0.2, 0.25) is 0 Å². The Labute approximate surface area is 232 Å². The van der Waals surface area contributed by atoms with Crippen LogP contribution in [0.2, 0.25) is 0 Å². The van der Waals surface area contributed by atoms with Crippen LogP contribution >= 0.6 is 27.7 Å². The molecule has 3 aromatic heterocycles. The molecule has 11 heteroatoms. The number of aryl methyl sites for hydroxylation is 2. The molecular weight excluding hydrogens is 566 g/mol. The highest BCUT2D eigenvalue weighted by Gasteiger charge is 2.38. The Morgan fingerprint density at radius 2 is 1.82 bits per heavy atom. The molecule has 2 atom stereocenters. The van der Waals surface area contributed by atoms with Crippen LogP contribution in [0.5, 0.6) is 0 Å². The number of carbonyl (C=O) groups excluding carboxylic acids is 1. The summed E-state index contributed by atoms with van der Waals surface area (Å²) in [6.45, 7) is 5.67. The molecule has 194 valence electrons. The maximum absolute atomic E-state index is 13.9. The van der Waals surface area contributed by atoms with Crippen molar-refractivity contribution < 1.29 is 4.79 Å². The van der Waals surface area contributed by atoms with Gasteiger partial charge in [0.15, 0.2) is 10.9 Å². The Morgan fingerprint density at radius 1 is 1.05 bits per heavy atom. The summed E-state index contributed by atoms with van der Waals surface area (Å²) >= 11 is 4.95. The maximum atomic E-state index is 13.9. The Balaban J connectivity index is 1.32. The Hall–Kier alpha value is -3.31. The molecule has 38 heavy (non-hydrogen) atoms. The first-order valence-corrected chi connectivity index (χ1v) is 14.3. The van der Waals surface area contributed by atoms with E-state index in [1.807, 2.05) is 65.8 Å². The second kappa shape index (κ2) is 10.1. The van der Waals surface area contributed by atoms with E-state index in [-0.39, 0.29) is 23.3 Å². The van der Waals surface area contributed by atoms with Crippen molar-refractivity contribution in [3.63, 3.8) is 0 Å². The summed E-state index contributed by atoms with van der Waals surface area (Å²) in [4.78, 5) is 37.3. The Bertz CT molecular complexity index is 1560. The van der Waals surface area contributed by atoms with Crippen molar-refractivity contribution in [1.82, 2.24) is 34.4 Å². The van der Waals surface area contributed by atoms with Gasteiger partial charge in [-0.25, -0.2) is 14.6 Å². The van der Waals surface area contributed by atoms with E-state index in [0.717, 1.165) is 33.7 Å². The van der Waals surface area contributed by atoms with E-state index in [2.05, 4.69) is 36.2 Å². The number of aromatic nitrogens is 6. The first kappa shape index (κ1) is 25.0. The maximum Gasteiger partial charge on any atom is 0.276 e. The number of nitrogens with zero attached hydrogens (tertiary/aromatic N) is 7.